The SMILES string of the molecule is CCOC(=O)N1CC[NH+](CC(O)COc2ccc(Cl)c(C)c2)CC1.[Cl-]. The Bertz CT molecular complexity index is 551. The van der Waals surface area contributed by atoms with E-state index in [1.54, 1.807) is 24.0 Å². The average Bonchev–Trinajstić information content (AvgIpc) is 2.57. The average molecular weight is 393 g/mol. The third kappa shape index (κ3) is 6.90. The van der Waals surface area contributed by atoms with Crippen LogP contribution < -0.4 is 22.0 Å². The Morgan fingerprint density at radius 1 is 1.40 bits per heavy atom. The van der Waals surface area contributed by atoms with Crippen LogP contribution in [0.2, 0.25) is 5.02 Å². The minimum absolute atomic E-state index is 0. The molecule has 8 heteroatoms. The number of hydrogen-bond donors (Lipinski definition) is 2. The molecular formula is C17H26Cl2N2O4. The Balaban J connectivity index is 0.00000312. The molecule has 0 bridgehead atoms. The van der Waals surface area contributed by atoms with E-state index in [1.807, 2.05) is 13.0 Å². The number of nitrogens with one attached hydrogen (secondary N) is 1. The highest BCUT2D eigenvalue weighted by molar-refractivity contribution is 6.31. The Labute approximate surface area is 160 Å². The molecule has 1 aliphatic heterocycles. The van der Waals surface area contributed by atoms with Gasteiger partial charge in [0.1, 0.15) is 25.0 Å². The number of aryl methyl sites for hydroxylation is 1. The topological polar surface area (TPSA) is 63.4 Å². The molecule has 1 amide bonds. The zero-order valence-electron chi connectivity index (χ0n) is 14.6. The summed E-state index contributed by atoms with van der Waals surface area (Å²) in [5.74, 6) is 0.707. The number of aliphatic hydroxyl groups is 1. The molecule has 2 rings (SSSR count). The Morgan fingerprint density at radius 2 is 2.08 bits per heavy atom. The summed E-state index contributed by atoms with van der Waals surface area (Å²) in [6.07, 6.45) is -0.802. The van der Waals surface area contributed by atoms with Gasteiger partial charge in [-0.1, -0.05) is 11.6 Å². The molecule has 0 aromatic heterocycles. The van der Waals surface area contributed by atoms with Gasteiger partial charge in [-0.05, 0) is 37.6 Å². The first-order valence-electron chi connectivity index (χ1n) is 8.32. The number of rotatable bonds is 6. The minimum Gasteiger partial charge on any atom is -1.00 e. The molecule has 6 nitrogen and oxygen atoms in total. The van der Waals surface area contributed by atoms with Crippen LogP contribution in [0.15, 0.2) is 18.2 Å². The predicted molar refractivity (Wildman–Crippen MR) is 91.8 cm³/mol. The normalized spacial score (nSPS) is 16.1. The summed E-state index contributed by atoms with van der Waals surface area (Å²) in [6, 6.07) is 5.45. The van der Waals surface area contributed by atoms with E-state index in [0.717, 1.165) is 18.7 Å². The van der Waals surface area contributed by atoms with Crippen LogP contribution in [-0.4, -0.2) is 68.1 Å². The molecule has 0 radical (unpaired) electrons. The maximum absolute atomic E-state index is 11.7. The third-order valence-corrected chi connectivity index (χ3v) is 4.52. The molecule has 2 N–H and O–H groups in total. The summed E-state index contributed by atoms with van der Waals surface area (Å²) in [5.41, 5.74) is 0.948. The second kappa shape index (κ2) is 10.7. The first kappa shape index (κ1) is 21.8. The van der Waals surface area contributed by atoms with Gasteiger partial charge in [-0.3, -0.25) is 4.90 Å². The highest BCUT2D eigenvalue weighted by Crippen LogP contribution is 2.20. The summed E-state index contributed by atoms with van der Waals surface area (Å²) in [4.78, 5) is 14.6. The van der Waals surface area contributed by atoms with Crippen molar-refractivity contribution in [2.75, 3.05) is 45.9 Å². The van der Waals surface area contributed by atoms with E-state index in [9.17, 15) is 9.90 Å². The molecule has 0 aliphatic carbocycles. The van der Waals surface area contributed by atoms with Gasteiger partial charge in [-0.15, -0.1) is 0 Å². The molecule has 1 atom stereocenters. The van der Waals surface area contributed by atoms with E-state index < -0.39 is 6.10 Å². The molecule has 1 heterocycles. The smallest absolute Gasteiger partial charge is 0.410 e. The standard InChI is InChI=1S/C17H25ClN2O4.ClH/c1-3-23-17(22)20-8-6-19(7-9-20)11-14(21)12-24-15-4-5-16(18)13(2)10-15;/h4-5,10,14,21H,3,6-9,11-12H2,1-2H3;1H. The van der Waals surface area contributed by atoms with Crippen molar-refractivity contribution in [3.63, 3.8) is 0 Å². The lowest BCUT2D eigenvalue weighted by Crippen LogP contribution is -3.16. The van der Waals surface area contributed by atoms with Crippen molar-refractivity contribution in [2.45, 2.75) is 20.0 Å². The number of aliphatic hydroxyl groups excluding tert-OH is 1. The lowest BCUT2D eigenvalue weighted by molar-refractivity contribution is -0.907. The van der Waals surface area contributed by atoms with Crippen molar-refractivity contribution < 1.29 is 36.7 Å². The van der Waals surface area contributed by atoms with Crippen LogP contribution in [0.25, 0.3) is 0 Å². The van der Waals surface area contributed by atoms with Crippen molar-refractivity contribution in [1.29, 1.82) is 0 Å². The van der Waals surface area contributed by atoms with Gasteiger partial charge >= 0.3 is 6.09 Å². The molecule has 1 saturated heterocycles. The number of carbonyl (C=O) groups excluding carboxylic acids is 1. The van der Waals surface area contributed by atoms with Gasteiger partial charge < -0.3 is 31.9 Å². The number of quaternary nitrogens is 1. The largest absolute Gasteiger partial charge is 1.00 e. The molecule has 1 unspecified atom stereocenters. The van der Waals surface area contributed by atoms with Crippen LogP contribution in [0.5, 0.6) is 5.75 Å². The first-order chi connectivity index (χ1) is 11.5. The minimum atomic E-state index is -0.551. The van der Waals surface area contributed by atoms with Crippen LogP contribution in [-0.2, 0) is 4.74 Å². The van der Waals surface area contributed by atoms with Crippen molar-refractivity contribution in [2.24, 2.45) is 0 Å². The summed E-state index contributed by atoms with van der Waals surface area (Å²) in [7, 11) is 0. The fourth-order valence-electron chi connectivity index (χ4n) is 2.72. The van der Waals surface area contributed by atoms with Crippen molar-refractivity contribution in [1.82, 2.24) is 4.90 Å². The molecule has 142 valence electrons. The highest BCUT2D eigenvalue weighted by Gasteiger charge is 2.26. The van der Waals surface area contributed by atoms with Crippen LogP contribution >= 0.6 is 11.6 Å². The molecule has 25 heavy (non-hydrogen) atoms. The van der Waals surface area contributed by atoms with Crippen LogP contribution in [0.4, 0.5) is 4.79 Å². The van der Waals surface area contributed by atoms with Crippen molar-refractivity contribution >= 4 is 17.7 Å². The number of hydrogen-bond acceptors (Lipinski definition) is 4. The zero-order valence-corrected chi connectivity index (χ0v) is 16.1. The maximum Gasteiger partial charge on any atom is 0.410 e. The molecule has 0 spiro atoms. The van der Waals surface area contributed by atoms with Crippen LogP contribution in [0.3, 0.4) is 0 Å². The number of piperazine rings is 1. The highest BCUT2D eigenvalue weighted by atomic mass is 35.5. The number of benzene rings is 1. The third-order valence-electron chi connectivity index (χ3n) is 4.09. The molecular weight excluding hydrogens is 367 g/mol. The second-order valence-corrected chi connectivity index (χ2v) is 6.42. The first-order valence-corrected chi connectivity index (χ1v) is 8.69. The van der Waals surface area contributed by atoms with Gasteiger partial charge in [0.05, 0.1) is 32.8 Å². The lowest BCUT2D eigenvalue weighted by Gasteiger charge is -2.32. The van der Waals surface area contributed by atoms with Gasteiger partial charge in [0.2, 0.25) is 0 Å². The van der Waals surface area contributed by atoms with E-state index >= 15 is 0 Å². The summed E-state index contributed by atoms with van der Waals surface area (Å²) >= 11 is 5.98. The molecule has 1 fully saturated rings. The van der Waals surface area contributed by atoms with E-state index in [4.69, 9.17) is 21.1 Å². The summed E-state index contributed by atoms with van der Waals surface area (Å²) in [6.45, 7) is 7.86. The Morgan fingerprint density at radius 3 is 2.68 bits per heavy atom. The molecule has 1 aliphatic rings. The van der Waals surface area contributed by atoms with Crippen LogP contribution in [0.1, 0.15) is 12.5 Å². The monoisotopic (exact) mass is 392 g/mol. The van der Waals surface area contributed by atoms with Crippen molar-refractivity contribution in [3.8, 4) is 5.75 Å². The number of nitrogens with zero attached hydrogens (tertiary/aromatic N) is 1. The van der Waals surface area contributed by atoms with Gasteiger partial charge in [0, 0.05) is 5.02 Å². The molecule has 0 saturated carbocycles. The fraction of sp³-hybridized carbons (Fsp3) is 0.588. The van der Waals surface area contributed by atoms with E-state index in [2.05, 4.69) is 0 Å². The van der Waals surface area contributed by atoms with E-state index in [0.29, 0.717) is 37.0 Å². The Hall–Kier alpha value is -1.21. The van der Waals surface area contributed by atoms with Gasteiger partial charge in [-0.2, -0.15) is 0 Å². The van der Waals surface area contributed by atoms with E-state index in [-0.39, 0.29) is 25.1 Å². The quantitative estimate of drug-likeness (QED) is 0.574. The molecule has 1 aromatic carbocycles. The Kier molecular flexibility index (Phi) is 9.35. The van der Waals surface area contributed by atoms with Gasteiger partial charge in [-0.25, -0.2) is 4.79 Å². The maximum atomic E-state index is 11.7. The predicted octanol–water partition coefficient (Wildman–Crippen LogP) is -2.25. The zero-order chi connectivity index (χ0) is 17.5. The number of ether oxygens (including phenoxy) is 2. The van der Waals surface area contributed by atoms with Crippen LogP contribution in [0, 0.1) is 6.92 Å². The summed E-state index contributed by atoms with van der Waals surface area (Å²) < 4.78 is 10.6. The molecule has 1 aromatic rings. The van der Waals surface area contributed by atoms with Crippen molar-refractivity contribution in [3.05, 3.63) is 28.8 Å². The van der Waals surface area contributed by atoms with Gasteiger partial charge in [0.15, 0.2) is 0 Å². The number of halogens is 2. The number of carbonyl (C=O) groups is 1. The van der Waals surface area contributed by atoms with Gasteiger partial charge in [0.25, 0.3) is 0 Å². The fourth-order valence-corrected chi connectivity index (χ4v) is 2.83. The lowest BCUT2D eigenvalue weighted by atomic mass is 10.2. The van der Waals surface area contributed by atoms with E-state index in [1.165, 1.54) is 4.90 Å². The second-order valence-electron chi connectivity index (χ2n) is 6.02. The number of amides is 1. The summed E-state index contributed by atoms with van der Waals surface area (Å²) in [5, 5.41) is 10.9.